The van der Waals surface area contributed by atoms with E-state index in [1.165, 1.54) is 0 Å². The number of nitrogens with two attached hydrogens (primary N) is 1. The summed E-state index contributed by atoms with van der Waals surface area (Å²) in [4.78, 5) is 15.6. The molecule has 3 rings (SSSR count). The number of anilines is 1. The van der Waals surface area contributed by atoms with E-state index in [1.807, 2.05) is 23.6 Å². The van der Waals surface area contributed by atoms with E-state index >= 15 is 0 Å². The first kappa shape index (κ1) is 9.50. The highest BCUT2D eigenvalue weighted by Crippen LogP contribution is 2.33. The molecule has 1 atom stereocenters. The van der Waals surface area contributed by atoms with Crippen molar-refractivity contribution in [3.8, 4) is 10.6 Å². The fraction of sp³-hybridized carbons (Fsp3) is 0.0909. The molecule has 0 bridgehead atoms. The average molecular weight is 231 g/mol. The number of carbonyl (C=O) groups excluding carboxylic acids is 1. The molecule has 0 saturated carbocycles. The van der Waals surface area contributed by atoms with Crippen LogP contribution in [0.2, 0.25) is 0 Å². The fourth-order valence-electron chi connectivity index (χ4n) is 1.78. The fourth-order valence-corrected chi connectivity index (χ4v) is 2.42. The van der Waals surface area contributed by atoms with Crippen molar-refractivity contribution in [2.75, 3.05) is 5.32 Å². The zero-order valence-electron chi connectivity index (χ0n) is 8.31. The van der Waals surface area contributed by atoms with Crippen molar-refractivity contribution in [1.82, 2.24) is 4.98 Å². The molecule has 3 N–H and O–H groups in total. The van der Waals surface area contributed by atoms with Crippen LogP contribution in [0.25, 0.3) is 10.6 Å². The van der Waals surface area contributed by atoms with E-state index in [2.05, 4.69) is 10.3 Å². The summed E-state index contributed by atoms with van der Waals surface area (Å²) in [5.41, 5.74) is 8.43. The van der Waals surface area contributed by atoms with Gasteiger partial charge < -0.3 is 11.1 Å². The zero-order valence-corrected chi connectivity index (χ0v) is 9.12. The minimum Gasteiger partial charge on any atom is -0.324 e. The Bertz CT molecular complexity index is 550. The molecule has 16 heavy (non-hydrogen) atoms. The van der Waals surface area contributed by atoms with Crippen molar-refractivity contribution < 1.29 is 4.79 Å². The molecule has 0 radical (unpaired) electrons. The van der Waals surface area contributed by atoms with Gasteiger partial charge in [-0.1, -0.05) is 0 Å². The van der Waals surface area contributed by atoms with Crippen molar-refractivity contribution >= 4 is 22.9 Å². The van der Waals surface area contributed by atoms with Crippen LogP contribution in [0.4, 0.5) is 5.69 Å². The lowest BCUT2D eigenvalue weighted by Gasteiger charge is -2.03. The molecule has 0 fully saturated rings. The van der Waals surface area contributed by atoms with Gasteiger partial charge in [0.25, 0.3) is 0 Å². The van der Waals surface area contributed by atoms with Crippen molar-refractivity contribution in [2.45, 2.75) is 6.04 Å². The molecule has 1 aliphatic rings. The van der Waals surface area contributed by atoms with Gasteiger partial charge in [-0.2, -0.15) is 0 Å². The molecule has 4 nitrogen and oxygen atoms in total. The number of hydrogen-bond donors (Lipinski definition) is 2. The Morgan fingerprint density at radius 2 is 2.31 bits per heavy atom. The Labute approximate surface area is 96.1 Å². The predicted molar refractivity (Wildman–Crippen MR) is 63.1 cm³/mol. The second kappa shape index (κ2) is 3.40. The van der Waals surface area contributed by atoms with Crippen molar-refractivity contribution in [3.05, 3.63) is 35.3 Å². The van der Waals surface area contributed by atoms with Crippen LogP contribution in [-0.4, -0.2) is 10.9 Å². The van der Waals surface area contributed by atoms with Crippen LogP contribution in [-0.2, 0) is 4.79 Å². The van der Waals surface area contributed by atoms with Crippen molar-refractivity contribution in [1.29, 1.82) is 0 Å². The van der Waals surface area contributed by atoms with Crippen LogP contribution in [0.1, 0.15) is 11.6 Å². The normalized spacial score (nSPS) is 18.3. The maximum atomic E-state index is 11.4. The van der Waals surface area contributed by atoms with Gasteiger partial charge in [0.2, 0.25) is 5.91 Å². The lowest BCUT2D eigenvalue weighted by Crippen LogP contribution is -2.19. The SMILES string of the molecule is NC1C(=O)Nc2ccc(-c3nccs3)cc21. The number of benzene rings is 1. The Kier molecular flexibility index (Phi) is 2.02. The van der Waals surface area contributed by atoms with Crippen molar-refractivity contribution in [3.63, 3.8) is 0 Å². The van der Waals surface area contributed by atoms with Gasteiger partial charge in [0, 0.05) is 28.4 Å². The second-order valence-corrected chi connectivity index (χ2v) is 4.50. The lowest BCUT2D eigenvalue weighted by atomic mass is 10.1. The maximum absolute atomic E-state index is 11.4. The topological polar surface area (TPSA) is 68.0 Å². The summed E-state index contributed by atoms with van der Waals surface area (Å²) in [5.74, 6) is -0.147. The second-order valence-electron chi connectivity index (χ2n) is 3.61. The standard InChI is InChI=1S/C11H9N3OS/c12-9-7-5-6(11-13-3-4-16-11)1-2-8(7)14-10(9)15/h1-5,9H,12H2,(H,14,15). The molecule has 2 heterocycles. The highest BCUT2D eigenvalue weighted by molar-refractivity contribution is 7.13. The summed E-state index contributed by atoms with van der Waals surface area (Å²) >= 11 is 1.57. The van der Waals surface area contributed by atoms with E-state index in [0.717, 1.165) is 21.8 Å². The summed E-state index contributed by atoms with van der Waals surface area (Å²) < 4.78 is 0. The molecule has 1 amide bonds. The summed E-state index contributed by atoms with van der Waals surface area (Å²) in [5, 5.41) is 5.60. The number of hydrogen-bond acceptors (Lipinski definition) is 4. The highest BCUT2D eigenvalue weighted by Gasteiger charge is 2.27. The van der Waals surface area contributed by atoms with Gasteiger partial charge >= 0.3 is 0 Å². The molecule has 2 aromatic rings. The number of amides is 1. The van der Waals surface area contributed by atoms with Gasteiger partial charge in [-0.05, 0) is 18.2 Å². The molecular weight excluding hydrogens is 222 g/mol. The Hall–Kier alpha value is -1.72. The third-order valence-electron chi connectivity index (χ3n) is 2.61. The van der Waals surface area contributed by atoms with E-state index in [4.69, 9.17) is 5.73 Å². The van der Waals surface area contributed by atoms with Crippen LogP contribution >= 0.6 is 11.3 Å². The lowest BCUT2D eigenvalue weighted by molar-refractivity contribution is -0.116. The molecule has 80 valence electrons. The Morgan fingerprint density at radius 1 is 1.44 bits per heavy atom. The van der Waals surface area contributed by atoms with Gasteiger partial charge in [0.15, 0.2) is 0 Å². The van der Waals surface area contributed by atoms with Gasteiger partial charge in [-0.15, -0.1) is 11.3 Å². The quantitative estimate of drug-likeness (QED) is 0.785. The Balaban J connectivity index is 2.10. The summed E-state index contributed by atoms with van der Waals surface area (Å²) in [6.45, 7) is 0. The van der Waals surface area contributed by atoms with Crippen LogP contribution in [0.15, 0.2) is 29.8 Å². The van der Waals surface area contributed by atoms with Gasteiger partial charge in [0.05, 0.1) is 0 Å². The van der Waals surface area contributed by atoms with E-state index < -0.39 is 6.04 Å². The van der Waals surface area contributed by atoms with Crippen LogP contribution < -0.4 is 11.1 Å². The van der Waals surface area contributed by atoms with Crippen LogP contribution in [0.3, 0.4) is 0 Å². The number of nitrogens with one attached hydrogen (secondary N) is 1. The third kappa shape index (κ3) is 1.33. The van der Waals surface area contributed by atoms with Gasteiger partial charge in [-0.3, -0.25) is 4.79 Å². The van der Waals surface area contributed by atoms with Crippen molar-refractivity contribution in [2.24, 2.45) is 5.73 Å². The summed E-state index contributed by atoms with van der Waals surface area (Å²) in [7, 11) is 0. The molecular formula is C11H9N3OS. The minimum absolute atomic E-state index is 0.147. The molecule has 5 heteroatoms. The maximum Gasteiger partial charge on any atom is 0.245 e. The number of fused-ring (bicyclic) bond motifs is 1. The smallest absolute Gasteiger partial charge is 0.245 e. The van der Waals surface area contributed by atoms with E-state index in [0.29, 0.717) is 0 Å². The van der Waals surface area contributed by atoms with Gasteiger partial charge in [0.1, 0.15) is 11.0 Å². The Morgan fingerprint density at radius 3 is 3.06 bits per heavy atom. The molecule has 0 saturated heterocycles. The third-order valence-corrected chi connectivity index (χ3v) is 3.43. The van der Waals surface area contributed by atoms with Crippen LogP contribution in [0.5, 0.6) is 0 Å². The first-order valence-electron chi connectivity index (χ1n) is 4.86. The summed E-state index contributed by atoms with van der Waals surface area (Å²) in [6.07, 6.45) is 1.76. The first-order chi connectivity index (χ1) is 7.75. The van der Waals surface area contributed by atoms with Gasteiger partial charge in [-0.25, -0.2) is 4.98 Å². The van der Waals surface area contributed by atoms with Crippen LogP contribution in [0, 0.1) is 0 Å². The molecule has 1 aromatic heterocycles. The predicted octanol–water partition coefficient (Wildman–Crippen LogP) is 1.76. The number of carbonyl (C=O) groups is 1. The molecule has 1 aliphatic heterocycles. The average Bonchev–Trinajstić information content (AvgIpc) is 2.89. The van der Waals surface area contributed by atoms with E-state index in [1.54, 1.807) is 17.5 Å². The molecule has 1 aromatic carbocycles. The highest BCUT2D eigenvalue weighted by atomic mass is 32.1. The molecule has 0 aliphatic carbocycles. The number of thiazole rings is 1. The number of nitrogens with zero attached hydrogens (tertiary/aromatic N) is 1. The molecule has 0 spiro atoms. The van der Waals surface area contributed by atoms with E-state index in [-0.39, 0.29) is 5.91 Å². The molecule has 1 unspecified atom stereocenters. The van der Waals surface area contributed by atoms with E-state index in [9.17, 15) is 4.79 Å². The first-order valence-corrected chi connectivity index (χ1v) is 5.74. The zero-order chi connectivity index (χ0) is 11.1. The largest absolute Gasteiger partial charge is 0.324 e. The number of rotatable bonds is 1. The minimum atomic E-state index is -0.560. The summed E-state index contributed by atoms with van der Waals surface area (Å²) in [6, 6.07) is 5.18. The monoisotopic (exact) mass is 231 g/mol. The number of aromatic nitrogens is 1.